The Labute approximate surface area is 109 Å². The molecule has 0 aliphatic carbocycles. The lowest BCUT2D eigenvalue weighted by Gasteiger charge is -2.12. The van der Waals surface area contributed by atoms with Crippen LogP contribution in [0.5, 0.6) is 0 Å². The number of nitrogens with one attached hydrogen (secondary N) is 3. The quantitative estimate of drug-likeness (QED) is 0.617. The molecule has 3 N–H and O–H groups in total. The number of H-pyrrole nitrogens is 1. The zero-order chi connectivity index (χ0) is 13.6. The average molecular weight is 274 g/mol. The van der Waals surface area contributed by atoms with E-state index >= 15 is 0 Å². The lowest BCUT2D eigenvalue weighted by molar-refractivity contribution is 0.549. The van der Waals surface area contributed by atoms with Gasteiger partial charge in [-0.2, -0.15) is 5.10 Å². The first-order valence-electron chi connectivity index (χ1n) is 6.26. The van der Waals surface area contributed by atoms with Crippen LogP contribution in [-0.2, 0) is 16.6 Å². The Bertz CT molecular complexity index is 455. The molecule has 104 valence electrons. The smallest absolute Gasteiger partial charge is 0.258 e. The Morgan fingerprint density at radius 3 is 2.78 bits per heavy atom. The zero-order valence-corrected chi connectivity index (χ0v) is 12.0. The van der Waals surface area contributed by atoms with E-state index < -0.39 is 10.0 Å². The Balaban J connectivity index is 2.79. The molecule has 6 nitrogen and oxygen atoms in total. The van der Waals surface area contributed by atoms with E-state index in [9.17, 15) is 8.42 Å². The van der Waals surface area contributed by atoms with Gasteiger partial charge in [0.25, 0.3) is 10.0 Å². The highest BCUT2D eigenvalue weighted by molar-refractivity contribution is 7.89. The van der Waals surface area contributed by atoms with Gasteiger partial charge in [0.15, 0.2) is 5.03 Å². The van der Waals surface area contributed by atoms with Crippen LogP contribution in [0, 0.1) is 0 Å². The van der Waals surface area contributed by atoms with Crippen LogP contribution in [0.3, 0.4) is 0 Å². The Kier molecular flexibility index (Phi) is 5.77. The molecule has 1 aromatic heterocycles. The summed E-state index contributed by atoms with van der Waals surface area (Å²) in [5.74, 6) is 0. The predicted octanol–water partition coefficient (Wildman–Crippen LogP) is 0.986. The number of sulfonamides is 1. The third-order valence-electron chi connectivity index (χ3n) is 2.66. The Morgan fingerprint density at radius 1 is 1.44 bits per heavy atom. The molecule has 0 fully saturated rings. The molecule has 1 unspecified atom stereocenters. The van der Waals surface area contributed by atoms with E-state index in [4.69, 9.17) is 0 Å². The third kappa shape index (κ3) is 4.08. The predicted molar refractivity (Wildman–Crippen MR) is 70.7 cm³/mol. The minimum Gasteiger partial charge on any atom is -0.313 e. The number of rotatable bonds is 8. The highest BCUT2D eigenvalue weighted by Crippen LogP contribution is 2.12. The summed E-state index contributed by atoms with van der Waals surface area (Å²) >= 11 is 0. The number of aromatic amines is 1. The molecule has 18 heavy (non-hydrogen) atoms. The van der Waals surface area contributed by atoms with E-state index in [1.54, 1.807) is 6.20 Å². The molecule has 0 saturated carbocycles. The normalized spacial score (nSPS) is 13.7. The molecule has 0 aliphatic rings. The van der Waals surface area contributed by atoms with Crippen molar-refractivity contribution in [2.24, 2.45) is 0 Å². The van der Waals surface area contributed by atoms with Crippen LogP contribution in [-0.4, -0.2) is 31.2 Å². The topological polar surface area (TPSA) is 86.9 Å². The van der Waals surface area contributed by atoms with Gasteiger partial charge in [0.2, 0.25) is 0 Å². The van der Waals surface area contributed by atoms with Gasteiger partial charge >= 0.3 is 0 Å². The fraction of sp³-hybridized carbons (Fsp3) is 0.727. The summed E-state index contributed by atoms with van der Waals surface area (Å²) in [5, 5.41) is 9.70. The number of hydrogen-bond acceptors (Lipinski definition) is 4. The summed E-state index contributed by atoms with van der Waals surface area (Å²) in [4.78, 5) is 0. The first-order chi connectivity index (χ1) is 8.51. The van der Waals surface area contributed by atoms with Gasteiger partial charge in [0.05, 0.1) is 6.20 Å². The van der Waals surface area contributed by atoms with Gasteiger partial charge in [-0.05, 0) is 26.3 Å². The first kappa shape index (κ1) is 15.1. The van der Waals surface area contributed by atoms with Crippen molar-refractivity contribution in [1.29, 1.82) is 0 Å². The highest BCUT2D eigenvalue weighted by Gasteiger charge is 2.21. The maximum absolute atomic E-state index is 12.1. The van der Waals surface area contributed by atoms with Crippen LogP contribution >= 0.6 is 0 Å². The van der Waals surface area contributed by atoms with E-state index in [1.165, 1.54) is 0 Å². The average Bonchev–Trinajstić information content (AvgIpc) is 2.78. The number of nitrogens with zero attached hydrogens (tertiary/aromatic N) is 1. The summed E-state index contributed by atoms with van der Waals surface area (Å²) in [6.07, 6.45) is 3.30. The van der Waals surface area contributed by atoms with Crippen LogP contribution in [0.25, 0.3) is 0 Å². The largest absolute Gasteiger partial charge is 0.313 e. The summed E-state index contributed by atoms with van der Waals surface area (Å²) in [6.45, 7) is 7.18. The lowest BCUT2D eigenvalue weighted by Crippen LogP contribution is -2.33. The van der Waals surface area contributed by atoms with Gasteiger partial charge in [-0.25, -0.2) is 13.1 Å². The van der Waals surface area contributed by atoms with Crippen molar-refractivity contribution in [3.8, 4) is 0 Å². The van der Waals surface area contributed by atoms with E-state index in [1.807, 2.05) is 13.8 Å². The van der Waals surface area contributed by atoms with Crippen molar-refractivity contribution in [3.05, 3.63) is 11.8 Å². The molecule has 0 aromatic carbocycles. The second-order valence-corrected chi connectivity index (χ2v) is 5.98. The standard InChI is InChI=1S/C11H22N4O2S/c1-4-6-12-7-10-8-13-14-11(10)18(16,17)15-9(3)5-2/h8-9,12,15H,4-7H2,1-3H3,(H,13,14). The molecule has 0 aliphatic heterocycles. The molecule has 0 bridgehead atoms. The van der Waals surface area contributed by atoms with Crippen molar-refractivity contribution in [1.82, 2.24) is 20.2 Å². The maximum Gasteiger partial charge on any atom is 0.258 e. The monoisotopic (exact) mass is 274 g/mol. The van der Waals surface area contributed by atoms with E-state index in [2.05, 4.69) is 27.2 Å². The van der Waals surface area contributed by atoms with Crippen molar-refractivity contribution >= 4 is 10.0 Å². The minimum absolute atomic E-state index is 0.0882. The second kappa shape index (κ2) is 6.86. The first-order valence-corrected chi connectivity index (χ1v) is 7.74. The number of aromatic nitrogens is 2. The van der Waals surface area contributed by atoms with E-state index in [0.717, 1.165) is 19.4 Å². The Hall–Kier alpha value is -0.920. The summed E-state index contributed by atoms with van der Waals surface area (Å²) < 4.78 is 26.8. The molecule has 1 heterocycles. The summed E-state index contributed by atoms with van der Waals surface area (Å²) in [7, 11) is -3.50. The molecule has 0 radical (unpaired) electrons. The van der Waals surface area contributed by atoms with Gasteiger partial charge < -0.3 is 5.32 Å². The van der Waals surface area contributed by atoms with E-state index in [0.29, 0.717) is 12.1 Å². The van der Waals surface area contributed by atoms with Crippen LogP contribution < -0.4 is 10.0 Å². The molecule has 0 spiro atoms. The molecule has 1 aromatic rings. The molecule has 1 atom stereocenters. The van der Waals surface area contributed by atoms with Gasteiger partial charge in [0.1, 0.15) is 0 Å². The summed E-state index contributed by atoms with van der Waals surface area (Å²) in [6, 6.07) is -0.0882. The van der Waals surface area contributed by atoms with Crippen molar-refractivity contribution in [3.63, 3.8) is 0 Å². The van der Waals surface area contributed by atoms with E-state index in [-0.39, 0.29) is 11.1 Å². The fourth-order valence-electron chi connectivity index (χ4n) is 1.46. The van der Waals surface area contributed by atoms with Crippen LogP contribution in [0.2, 0.25) is 0 Å². The van der Waals surface area contributed by atoms with Crippen LogP contribution in [0.1, 0.15) is 39.2 Å². The fourth-order valence-corrected chi connectivity index (χ4v) is 2.92. The molecule has 0 amide bonds. The molecule has 7 heteroatoms. The number of hydrogen-bond donors (Lipinski definition) is 3. The van der Waals surface area contributed by atoms with Gasteiger partial charge in [-0.15, -0.1) is 0 Å². The molecule has 1 rings (SSSR count). The van der Waals surface area contributed by atoms with Gasteiger partial charge in [-0.3, -0.25) is 5.10 Å². The minimum atomic E-state index is -3.50. The molecular formula is C11H22N4O2S. The third-order valence-corrected chi connectivity index (χ3v) is 4.26. The maximum atomic E-state index is 12.1. The SMILES string of the molecule is CCCNCc1cn[nH]c1S(=O)(=O)NC(C)CC. The molecular weight excluding hydrogens is 252 g/mol. The van der Waals surface area contributed by atoms with Gasteiger partial charge in [0, 0.05) is 18.2 Å². The second-order valence-electron chi connectivity index (χ2n) is 4.33. The van der Waals surface area contributed by atoms with Crippen LogP contribution in [0.15, 0.2) is 11.2 Å². The van der Waals surface area contributed by atoms with Crippen molar-refractivity contribution < 1.29 is 8.42 Å². The van der Waals surface area contributed by atoms with Gasteiger partial charge in [-0.1, -0.05) is 13.8 Å². The Morgan fingerprint density at radius 2 is 2.17 bits per heavy atom. The lowest BCUT2D eigenvalue weighted by atomic mass is 10.3. The van der Waals surface area contributed by atoms with Crippen molar-refractivity contribution in [2.75, 3.05) is 6.54 Å². The van der Waals surface area contributed by atoms with Crippen molar-refractivity contribution in [2.45, 2.75) is 51.2 Å². The van der Waals surface area contributed by atoms with Crippen LogP contribution in [0.4, 0.5) is 0 Å². The zero-order valence-electron chi connectivity index (χ0n) is 11.2. The highest BCUT2D eigenvalue weighted by atomic mass is 32.2. The molecule has 0 saturated heterocycles. The summed E-state index contributed by atoms with van der Waals surface area (Å²) in [5.41, 5.74) is 0.666.